The highest BCUT2D eigenvalue weighted by atomic mass is 35.5. The second kappa shape index (κ2) is 8.35. The molecule has 9 heteroatoms. The molecule has 2 heterocycles. The van der Waals surface area contributed by atoms with Crippen LogP contribution in [0.25, 0.3) is 0 Å². The molecular formula is C23H24ClN3O5. The number of methoxy groups -OCH3 is 2. The first kappa shape index (κ1) is 22.0. The van der Waals surface area contributed by atoms with Gasteiger partial charge in [0.15, 0.2) is 0 Å². The van der Waals surface area contributed by atoms with Gasteiger partial charge in [-0.3, -0.25) is 19.3 Å². The van der Waals surface area contributed by atoms with Crippen molar-refractivity contribution in [3.8, 4) is 11.5 Å². The second-order valence-electron chi connectivity index (χ2n) is 7.91. The van der Waals surface area contributed by atoms with Crippen LogP contribution in [-0.2, 0) is 9.59 Å². The molecule has 1 fully saturated rings. The summed E-state index contributed by atoms with van der Waals surface area (Å²) in [5.74, 6) is 0.308. The molecule has 0 saturated carbocycles. The predicted molar refractivity (Wildman–Crippen MR) is 120 cm³/mol. The number of nitrogens with zero attached hydrogens (tertiary/aromatic N) is 2. The minimum absolute atomic E-state index is 0.0282. The molecular weight excluding hydrogens is 434 g/mol. The Morgan fingerprint density at radius 1 is 1.16 bits per heavy atom. The number of fused-ring (bicyclic) bond motifs is 3. The lowest BCUT2D eigenvalue weighted by molar-refractivity contribution is -0.117. The zero-order valence-electron chi connectivity index (χ0n) is 18.1. The molecule has 0 aromatic heterocycles. The molecule has 32 heavy (non-hydrogen) atoms. The number of para-hydroxylation sites is 1. The number of hydrogen-bond acceptors (Lipinski definition) is 5. The highest BCUT2D eigenvalue weighted by molar-refractivity contribution is 6.32. The standard InChI is InChI=1S/C23H24ClN3O5/c1-23-10-8-21(29)27(23)17-7-5-4-6-14(17)22(30)26(23)11-9-20(28)25-16-12-15(24)18(31-2)13-19(16)32-3/h4-7,12-13H,8-11H2,1-3H3,(H,25,28). The Balaban J connectivity index is 1.54. The number of nitrogens with one attached hydrogen (secondary N) is 1. The lowest BCUT2D eigenvalue weighted by Crippen LogP contribution is -2.62. The van der Waals surface area contributed by atoms with Gasteiger partial charge in [-0.1, -0.05) is 23.7 Å². The molecule has 3 amide bonds. The van der Waals surface area contributed by atoms with E-state index in [0.717, 1.165) is 0 Å². The summed E-state index contributed by atoms with van der Waals surface area (Å²) in [6.07, 6.45) is 0.899. The van der Waals surface area contributed by atoms with Crippen molar-refractivity contribution in [1.82, 2.24) is 4.90 Å². The zero-order chi connectivity index (χ0) is 23.0. The molecule has 1 saturated heterocycles. The topological polar surface area (TPSA) is 88.2 Å². The Bertz CT molecular complexity index is 1110. The van der Waals surface area contributed by atoms with Crippen molar-refractivity contribution in [2.45, 2.75) is 31.8 Å². The molecule has 1 N–H and O–H groups in total. The molecule has 2 aromatic carbocycles. The highest BCUT2D eigenvalue weighted by Gasteiger charge is 2.52. The molecule has 8 nitrogen and oxygen atoms in total. The number of amides is 3. The van der Waals surface area contributed by atoms with Gasteiger partial charge in [0.2, 0.25) is 11.8 Å². The molecule has 1 unspecified atom stereocenters. The molecule has 4 rings (SSSR count). The van der Waals surface area contributed by atoms with Crippen LogP contribution in [0.1, 0.15) is 36.5 Å². The summed E-state index contributed by atoms with van der Waals surface area (Å²) in [4.78, 5) is 42.0. The van der Waals surface area contributed by atoms with Gasteiger partial charge < -0.3 is 19.7 Å². The van der Waals surface area contributed by atoms with Crippen molar-refractivity contribution in [3.63, 3.8) is 0 Å². The predicted octanol–water partition coefficient (Wildman–Crippen LogP) is 3.68. The molecule has 1 atom stereocenters. The molecule has 168 valence electrons. The SMILES string of the molecule is COc1cc(OC)c(NC(=O)CCN2C(=O)c3ccccc3N3C(=O)CCC23C)cc1Cl. The van der Waals surface area contributed by atoms with Gasteiger partial charge in [-0.25, -0.2) is 0 Å². The molecule has 0 aliphatic carbocycles. The molecule has 2 aliphatic rings. The summed E-state index contributed by atoms with van der Waals surface area (Å²) in [6, 6.07) is 10.2. The number of carbonyl (C=O) groups excluding carboxylic acids is 3. The number of carbonyl (C=O) groups is 3. The number of hydrogen-bond donors (Lipinski definition) is 1. The monoisotopic (exact) mass is 457 g/mol. The van der Waals surface area contributed by atoms with Gasteiger partial charge in [0, 0.05) is 25.5 Å². The number of anilines is 2. The van der Waals surface area contributed by atoms with Gasteiger partial charge >= 0.3 is 0 Å². The third-order valence-electron chi connectivity index (χ3n) is 6.06. The third kappa shape index (κ3) is 3.54. The van der Waals surface area contributed by atoms with Crippen molar-refractivity contribution >= 4 is 40.7 Å². The van der Waals surface area contributed by atoms with Crippen LogP contribution in [0.2, 0.25) is 5.02 Å². The number of benzene rings is 2. The Morgan fingerprint density at radius 2 is 1.88 bits per heavy atom. The summed E-state index contributed by atoms with van der Waals surface area (Å²) in [6.45, 7) is 2.03. The maximum absolute atomic E-state index is 13.3. The van der Waals surface area contributed by atoms with Crippen LogP contribution in [-0.4, -0.2) is 49.0 Å². The van der Waals surface area contributed by atoms with E-state index in [1.54, 1.807) is 40.1 Å². The van der Waals surface area contributed by atoms with E-state index in [4.69, 9.17) is 21.1 Å². The Morgan fingerprint density at radius 3 is 2.59 bits per heavy atom. The van der Waals surface area contributed by atoms with Crippen molar-refractivity contribution in [2.75, 3.05) is 31.0 Å². The minimum atomic E-state index is -0.802. The van der Waals surface area contributed by atoms with Crippen LogP contribution >= 0.6 is 11.6 Å². The fraction of sp³-hybridized carbons (Fsp3) is 0.348. The van der Waals surface area contributed by atoms with Gasteiger partial charge in [0.25, 0.3) is 5.91 Å². The van der Waals surface area contributed by atoms with E-state index in [9.17, 15) is 14.4 Å². The van der Waals surface area contributed by atoms with E-state index in [1.165, 1.54) is 14.2 Å². The Hall–Kier alpha value is -3.26. The van der Waals surface area contributed by atoms with Crippen molar-refractivity contribution in [1.29, 1.82) is 0 Å². The number of rotatable bonds is 6. The van der Waals surface area contributed by atoms with E-state index < -0.39 is 5.66 Å². The average Bonchev–Trinajstić information content (AvgIpc) is 3.09. The second-order valence-corrected chi connectivity index (χ2v) is 8.31. The maximum atomic E-state index is 13.3. The summed E-state index contributed by atoms with van der Waals surface area (Å²) >= 11 is 6.18. The maximum Gasteiger partial charge on any atom is 0.257 e. The number of ether oxygens (including phenoxy) is 2. The van der Waals surface area contributed by atoms with E-state index >= 15 is 0 Å². The molecule has 0 bridgehead atoms. The van der Waals surface area contributed by atoms with E-state index in [1.807, 2.05) is 13.0 Å². The van der Waals surface area contributed by atoms with Gasteiger partial charge in [-0.2, -0.15) is 0 Å². The lowest BCUT2D eigenvalue weighted by Gasteiger charge is -2.48. The van der Waals surface area contributed by atoms with E-state index in [2.05, 4.69) is 5.32 Å². The smallest absolute Gasteiger partial charge is 0.257 e. The highest BCUT2D eigenvalue weighted by Crippen LogP contribution is 2.44. The van der Waals surface area contributed by atoms with Gasteiger partial charge in [-0.05, 0) is 31.5 Å². The van der Waals surface area contributed by atoms with E-state index in [-0.39, 0.29) is 30.7 Å². The van der Waals surface area contributed by atoms with Gasteiger partial charge in [0.05, 0.1) is 36.2 Å². The first-order chi connectivity index (χ1) is 15.3. The number of halogens is 1. The zero-order valence-corrected chi connectivity index (χ0v) is 18.9. The minimum Gasteiger partial charge on any atom is -0.495 e. The van der Waals surface area contributed by atoms with Gasteiger partial charge in [-0.15, -0.1) is 0 Å². The molecule has 0 spiro atoms. The van der Waals surface area contributed by atoms with Gasteiger partial charge in [0.1, 0.15) is 17.2 Å². The summed E-state index contributed by atoms with van der Waals surface area (Å²) in [5, 5.41) is 3.12. The first-order valence-corrected chi connectivity index (χ1v) is 10.6. The van der Waals surface area contributed by atoms with Crippen molar-refractivity contribution in [3.05, 3.63) is 47.0 Å². The summed E-state index contributed by atoms with van der Waals surface area (Å²) < 4.78 is 10.5. The fourth-order valence-electron chi connectivity index (χ4n) is 4.43. The Kier molecular flexibility index (Phi) is 5.73. The van der Waals surface area contributed by atoms with Crippen LogP contribution in [0.15, 0.2) is 36.4 Å². The van der Waals surface area contributed by atoms with Crippen molar-refractivity contribution in [2.24, 2.45) is 0 Å². The third-order valence-corrected chi connectivity index (χ3v) is 6.35. The first-order valence-electron chi connectivity index (χ1n) is 10.3. The normalized spacial score (nSPS) is 19.5. The molecule has 0 radical (unpaired) electrons. The lowest BCUT2D eigenvalue weighted by atomic mass is 9.98. The average molecular weight is 458 g/mol. The van der Waals surface area contributed by atoms with Crippen molar-refractivity contribution < 1.29 is 23.9 Å². The van der Waals surface area contributed by atoms with E-state index in [0.29, 0.717) is 46.3 Å². The quantitative estimate of drug-likeness (QED) is 0.714. The van der Waals surface area contributed by atoms with Crippen LogP contribution in [0, 0.1) is 0 Å². The van der Waals surface area contributed by atoms with Crippen LogP contribution in [0.5, 0.6) is 11.5 Å². The summed E-state index contributed by atoms with van der Waals surface area (Å²) in [7, 11) is 2.97. The molecule has 2 aromatic rings. The van der Waals surface area contributed by atoms with Crippen LogP contribution in [0.3, 0.4) is 0 Å². The van der Waals surface area contributed by atoms with Crippen LogP contribution < -0.4 is 19.7 Å². The largest absolute Gasteiger partial charge is 0.495 e. The molecule has 2 aliphatic heterocycles. The fourth-order valence-corrected chi connectivity index (χ4v) is 4.67. The Labute approximate surface area is 191 Å². The summed E-state index contributed by atoms with van der Waals surface area (Å²) in [5.41, 5.74) is 0.691. The van der Waals surface area contributed by atoms with Crippen LogP contribution in [0.4, 0.5) is 11.4 Å².